The summed E-state index contributed by atoms with van der Waals surface area (Å²) in [6, 6.07) is 11.2. The third-order valence-electron chi connectivity index (χ3n) is 4.23. The van der Waals surface area contributed by atoms with Crippen molar-refractivity contribution in [3.63, 3.8) is 0 Å². The van der Waals surface area contributed by atoms with Crippen LogP contribution in [-0.4, -0.2) is 35.6 Å². The Kier molecular flexibility index (Phi) is 5.23. The molecule has 0 aliphatic heterocycles. The highest BCUT2D eigenvalue weighted by atomic mass is 16.5. The Morgan fingerprint density at radius 3 is 2.62 bits per heavy atom. The Bertz CT molecular complexity index is 982. The zero-order valence-corrected chi connectivity index (χ0v) is 15.5. The van der Waals surface area contributed by atoms with Crippen LogP contribution in [0.2, 0.25) is 0 Å². The van der Waals surface area contributed by atoms with Crippen molar-refractivity contribution in [1.82, 2.24) is 14.3 Å². The first-order valence-electron chi connectivity index (χ1n) is 8.38. The van der Waals surface area contributed by atoms with Crippen LogP contribution in [0.15, 0.2) is 47.4 Å². The van der Waals surface area contributed by atoms with E-state index in [1.807, 2.05) is 44.3 Å². The maximum Gasteiger partial charge on any atom is 0.258 e. The number of hydrogen-bond acceptors (Lipinski definition) is 5. The molecule has 0 N–H and O–H groups in total. The molecule has 26 heavy (non-hydrogen) atoms. The van der Waals surface area contributed by atoms with E-state index in [1.54, 1.807) is 30.9 Å². The van der Waals surface area contributed by atoms with Gasteiger partial charge in [0.05, 0.1) is 19.9 Å². The summed E-state index contributed by atoms with van der Waals surface area (Å²) in [7, 11) is 5.26. The van der Waals surface area contributed by atoms with E-state index < -0.39 is 0 Å². The van der Waals surface area contributed by atoms with Crippen molar-refractivity contribution in [2.24, 2.45) is 0 Å². The van der Waals surface area contributed by atoms with Crippen LogP contribution in [0.4, 0.5) is 0 Å². The number of methoxy groups -OCH3 is 2. The first-order chi connectivity index (χ1) is 12.5. The van der Waals surface area contributed by atoms with Gasteiger partial charge in [-0.2, -0.15) is 0 Å². The largest absolute Gasteiger partial charge is 0.497 e. The van der Waals surface area contributed by atoms with E-state index >= 15 is 0 Å². The molecule has 0 fully saturated rings. The molecule has 2 aromatic heterocycles. The summed E-state index contributed by atoms with van der Waals surface area (Å²) >= 11 is 0. The van der Waals surface area contributed by atoms with E-state index in [-0.39, 0.29) is 5.56 Å². The number of pyridine rings is 1. The molecule has 2 heterocycles. The molecule has 0 saturated heterocycles. The van der Waals surface area contributed by atoms with Gasteiger partial charge >= 0.3 is 0 Å². The second-order valence-electron chi connectivity index (χ2n) is 6.37. The second-order valence-corrected chi connectivity index (χ2v) is 6.37. The Labute approximate surface area is 152 Å². The molecule has 0 aliphatic carbocycles. The summed E-state index contributed by atoms with van der Waals surface area (Å²) < 4.78 is 12.3. The minimum atomic E-state index is -0.0656. The number of aryl methyl sites for hydroxylation is 1. The fourth-order valence-electron chi connectivity index (χ4n) is 2.94. The fraction of sp³-hybridized carbons (Fsp3) is 0.300. The highest BCUT2D eigenvalue weighted by molar-refractivity contribution is 5.41. The molecule has 0 spiro atoms. The number of ether oxygens (including phenoxy) is 2. The SMILES string of the molecule is COc1ccc(CN(C)Cc2cc(=O)n3cc(C)ccc3n2)c(OC)c1. The number of hydrogen-bond donors (Lipinski definition) is 0. The molecular formula is C20H23N3O3. The quantitative estimate of drug-likeness (QED) is 0.682. The van der Waals surface area contributed by atoms with Gasteiger partial charge in [0.1, 0.15) is 17.1 Å². The number of rotatable bonds is 6. The molecular weight excluding hydrogens is 330 g/mol. The zero-order valence-electron chi connectivity index (χ0n) is 15.5. The summed E-state index contributed by atoms with van der Waals surface area (Å²) in [5.41, 5.74) is 3.41. The predicted octanol–water partition coefficient (Wildman–Crippen LogP) is 2.65. The molecule has 0 atom stereocenters. The third-order valence-corrected chi connectivity index (χ3v) is 4.23. The van der Waals surface area contributed by atoms with E-state index in [2.05, 4.69) is 9.88 Å². The van der Waals surface area contributed by atoms with Crippen LogP contribution >= 0.6 is 0 Å². The maximum absolute atomic E-state index is 12.3. The molecule has 6 nitrogen and oxygen atoms in total. The van der Waals surface area contributed by atoms with Gasteiger partial charge in [-0.25, -0.2) is 4.98 Å². The van der Waals surface area contributed by atoms with Gasteiger partial charge in [0, 0.05) is 37.0 Å². The molecule has 3 aromatic rings. The lowest BCUT2D eigenvalue weighted by atomic mass is 10.1. The molecule has 3 rings (SSSR count). The number of nitrogens with zero attached hydrogens (tertiary/aromatic N) is 3. The number of benzene rings is 1. The van der Waals surface area contributed by atoms with E-state index in [9.17, 15) is 4.79 Å². The maximum atomic E-state index is 12.3. The van der Waals surface area contributed by atoms with Crippen molar-refractivity contribution in [2.45, 2.75) is 20.0 Å². The second kappa shape index (κ2) is 7.58. The van der Waals surface area contributed by atoms with Crippen LogP contribution in [0.3, 0.4) is 0 Å². The lowest BCUT2D eigenvalue weighted by Gasteiger charge is -2.18. The first kappa shape index (κ1) is 17.9. The molecule has 0 unspecified atom stereocenters. The molecule has 136 valence electrons. The number of aromatic nitrogens is 2. The van der Waals surface area contributed by atoms with Crippen molar-refractivity contribution in [2.75, 3.05) is 21.3 Å². The van der Waals surface area contributed by atoms with Gasteiger partial charge in [0.25, 0.3) is 5.56 Å². The molecule has 1 aromatic carbocycles. The van der Waals surface area contributed by atoms with Crippen molar-refractivity contribution < 1.29 is 9.47 Å². The molecule has 0 radical (unpaired) electrons. The van der Waals surface area contributed by atoms with Gasteiger partial charge in [-0.1, -0.05) is 12.1 Å². The number of fused-ring (bicyclic) bond motifs is 1. The third kappa shape index (κ3) is 3.86. The van der Waals surface area contributed by atoms with Crippen LogP contribution in [-0.2, 0) is 13.1 Å². The minimum absolute atomic E-state index is 0.0656. The van der Waals surface area contributed by atoms with Crippen LogP contribution in [0.5, 0.6) is 11.5 Å². The predicted molar refractivity (Wildman–Crippen MR) is 101 cm³/mol. The van der Waals surface area contributed by atoms with Gasteiger partial charge < -0.3 is 9.47 Å². The lowest BCUT2D eigenvalue weighted by Crippen LogP contribution is -2.22. The Hall–Kier alpha value is -2.86. The fourth-order valence-corrected chi connectivity index (χ4v) is 2.94. The monoisotopic (exact) mass is 353 g/mol. The lowest BCUT2D eigenvalue weighted by molar-refractivity contribution is 0.305. The van der Waals surface area contributed by atoms with Gasteiger partial charge in [-0.15, -0.1) is 0 Å². The average molecular weight is 353 g/mol. The Morgan fingerprint density at radius 2 is 1.88 bits per heavy atom. The van der Waals surface area contributed by atoms with Crippen LogP contribution in [0.25, 0.3) is 5.65 Å². The standard InChI is InChI=1S/C20H23N3O3/c1-14-5-8-19-21-16(9-20(24)23(19)11-14)13-22(2)12-15-6-7-17(25-3)10-18(15)26-4/h5-11H,12-13H2,1-4H3. The van der Waals surface area contributed by atoms with Crippen molar-refractivity contribution in [3.8, 4) is 11.5 Å². The molecule has 0 bridgehead atoms. The summed E-state index contributed by atoms with van der Waals surface area (Å²) in [6.07, 6.45) is 1.81. The minimum Gasteiger partial charge on any atom is -0.497 e. The Balaban J connectivity index is 1.80. The first-order valence-corrected chi connectivity index (χ1v) is 8.38. The summed E-state index contributed by atoms with van der Waals surface area (Å²) in [4.78, 5) is 19.0. The summed E-state index contributed by atoms with van der Waals surface area (Å²) in [5, 5.41) is 0. The molecule has 6 heteroatoms. The van der Waals surface area contributed by atoms with E-state index in [0.717, 1.165) is 28.3 Å². The molecule has 0 saturated carbocycles. The highest BCUT2D eigenvalue weighted by Gasteiger charge is 2.10. The van der Waals surface area contributed by atoms with Crippen LogP contribution in [0, 0.1) is 6.92 Å². The topological polar surface area (TPSA) is 56.1 Å². The van der Waals surface area contributed by atoms with Crippen LogP contribution < -0.4 is 15.0 Å². The highest BCUT2D eigenvalue weighted by Crippen LogP contribution is 2.25. The van der Waals surface area contributed by atoms with Crippen LogP contribution in [0.1, 0.15) is 16.8 Å². The molecule has 0 amide bonds. The van der Waals surface area contributed by atoms with E-state index in [4.69, 9.17) is 9.47 Å². The van der Waals surface area contributed by atoms with Gasteiger partial charge in [0.15, 0.2) is 0 Å². The Morgan fingerprint density at radius 1 is 1.08 bits per heavy atom. The summed E-state index contributed by atoms with van der Waals surface area (Å²) in [5.74, 6) is 1.53. The molecule has 0 aliphatic rings. The smallest absolute Gasteiger partial charge is 0.258 e. The van der Waals surface area contributed by atoms with E-state index in [0.29, 0.717) is 18.7 Å². The van der Waals surface area contributed by atoms with Gasteiger partial charge in [-0.05, 0) is 31.7 Å². The van der Waals surface area contributed by atoms with Crippen molar-refractivity contribution in [3.05, 3.63) is 69.8 Å². The van der Waals surface area contributed by atoms with Gasteiger partial charge in [0.2, 0.25) is 0 Å². The van der Waals surface area contributed by atoms with Crippen molar-refractivity contribution in [1.29, 1.82) is 0 Å². The van der Waals surface area contributed by atoms with Crippen molar-refractivity contribution >= 4 is 5.65 Å². The van der Waals surface area contributed by atoms with Gasteiger partial charge in [-0.3, -0.25) is 14.1 Å². The normalized spacial score (nSPS) is 11.1. The zero-order chi connectivity index (χ0) is 18.7. The summed E-state index contributed by atoms with van der Waals surface area (Å²) in [6.45, 7) is 3.19. The van der Waals surface area contributed by atoms with E-state index in [1.165, 1.54) is 0 Å². The average Bonchev–Trinajstić information content (AvgIpc) is 2.62.